The molecule has 1 aromatic carbocycles. The third-order valence-corrected chi connectivity index (χ3v) is 1.97. The molecular weight excluding hydrogens is 213 g/mol. The first-order valence-electron chi connectivity index (χ1n) is 4.57. The fraction of sp³-hybridized carbons (Fsp3) is 0.200. The van der Waals surface area contributed by atoms with Crippen molar-refractivity contribution in [3.05, 3.63) is 29.8 Å². The Hall–Kier alpha value is -1.95. The Bertz CT molecular complexity index is 499. The quantitative estimate of drug-likeness (QED) is 0.800. The van der Waals surface area contributed by atoms with Crippen LogP contribution < -0.4 is 5.73 Å². The van der Waals surface area contributed by atoms with Gasteiger partial charge < -0.3 is 15.0 Å². The molecule has 0 spiro atoms. The minimum Gasteiger partial charge on any atom is -0.399 e. The summed E-state index contributed by atoms with van der Waals surface area (Å²) >= 11 is 0. The lowest BCUT2D eigenvalue weighted by atomic mass is 10.2. The van der Waals surface area contributed by atoms with Gasteiger partial charge in [-0.05, 0) is 18.2 Å². The Balaban J connectivity index is 2.35. The van der Waals surface area contributed by atoms with Crippen molar-refractivity contribution < 1.29 is 13.7 Å². The van der Waals surface area contributed by atoms with Crippen LogP contribution in [0.25, 0.3) is 11.5 Å². The molecule has 0 aliphatic carbocycles. The normalized spacial score (nSPS) is 10.6. The number of benzene rings is 1. The number of nitrogens with zero attached hydrogens (tertiary/aromatic N) is 2. The van der Waals surface area contributed by atoms with Gasteiger partial charge in [0.05, 0.1) is 5.56 Å². The molecule has 16 heavy (non-hydrogen) atoms. The van der Waals surface area contributed by atoms with Gasteiger partial charge in [0.15, 0.2) is 5.82 Å². The van der Waals surface area contributed by atoms with E-state index in [1.807, 2.05) is 0 Å². The van der Waals surface area contributed by atoms with Crippen molar-refractivity contribution in [2.75, 3.05) is 12.8 Å². The van der Waals surface area contributed by atoms with Crippen molar-refractivity contribution in [3.63, 3.8) is 0 Å². The van der Waals surface area contributed by atoms with Crippen molar-refractivity contribution in [2.24, 2.45) is 0 Å². The third-order valence-electron chi connectivity index (χ3n) is 1.97. The zero-order valence-corrected chi connectivity index (χ0v) is 8.61. The number of hydrogen-bond donors (Lipinski definition) is 1. The minimum absolute atomic E-state index is 0.115. The zero-order valence-electron chi connectivity index (χ0n) is 8.61. The molecule has 0 saturated carbocycles. The second kappa shape index (κ2) is 4.28. The summed E-state index contributed by atoms with van der Waals surface area (Å²) in [5, 5.41) is 3.64. The number of nitrogen functional groups attached to an aromatic ring is 1. The molecule has 2 aromatic rings. The molecule has 2 rings (SSSR count). The minimum atomic E-state index is -0.493. The molecule has 84 valence electrons. The maximum Gasteiger partial charge on any atom is 0.260 e. The van der Waals surface area contributed by atoms with Crippen LogP contribution in [-0.4, -0.2) is 17.3 Å². The van der Waals surface area contributed by atoms with E-state index in [0.717, 1.165) is 0 Å². The van der Waals surface area contributed by atoms with Crippen molar-refractivity contribution >= 4 is 5.69 Å². The van der Waals surface area contributed by atoms with E-state index in [0.29, 0.717) is 11.5 Å². The first kappa shape index (κ1) is 10.6. The van der Waals surface area contributed by atoms with E-state index < -0.39 is 5.82 Å². The maximum atomic E-state index is 13.5. The summed E-state index contributed by atoms with van der Waals surface area (Å²) in [6, 6.07) is 4.27. The lowest BCUT2D eigenvalue weighted by Gasteiger charge is -1.97. The van der Waals surface area contributed by atoms with Crippen molar-refractivity contribution in [1.29, 1.82) is 0 Å². The first-order valence-corrected chi connectivity index (χ1v) is 4.57. The standard InChI is InChI=1S/C10H10FN3O2/c1-15-5-9-13-10(16-14-9)7-3-2-6(12)4-8(7)11/h2-4H,5,12H2,1H3. The van der Waals surface area contributed by atoms with Crippen molar-refractivity contribution in [2.45, 2.75) is 6.61 Å². The summed E-state index contributed by atoms with van der Waals surface area (Å²) < 4.78 is 23.2. The lowest BCUT2D eigenvalue weighted by Crippen LogP contribution is -1.91. The van der Waals surface area contributed by atoms with E-state index in [1.54, 1.807) is 6.07 Å². The van der Waals surface area contributed by atoms with Gasteiger partial charge >= 0.3 is 0 Å². The van der Waals surface area contributed by atoms with Gasteiger partial charge in [-0.25, -0.2) is 4.39 Å². The fourth-order valence-corrected chi connectivity index (χ4v) is 1.26. The van der Waals surface area contributed by atoms with Crippen LogP contribution in [-0.2, 0) is 11.3 Å². The average molecular weight is 223 g/mol. The molecule has 1 heterocycles. The van der Waals surface area contributed by atoms with E-state index >= 15 is 0 Å². The van der Waals surface area contributed by atoms with Crippen LogP contribution in [0.2, 0.25) is 0 Å². The topological polar surface area (TPSA) is 74.2 Å². The molecule has 0 saturated heterocycles. The molecule has 0 atom stereocenters. The van der Waals surface area contributed by atoms with Crippen LogP contribution in [0.15, 0.2) is 22.7 Å². The van der Waals surface area contributed by atoms with Gasteiger partial charge in [0.1, 0.15) is 12.4 Å². The van der Waals surface area contributed by atoms with E-state index in [-0.39, 0.29) is 18.1 Å². The SMILES string of the molecule is COCc1noc(-c2ccc(N)cc2F)n1. The number of hydrogen-bond acceptors (Lipinski definition) is 5. The first-order chi connectivity index (χ1) is 7.70. The third kappa shape index (κ3) is 2.01. The van der Waals surface area contributed by atoms with E-state index in [2.05, 4.69) is 10.1 Å². The van der Waals surface area contributed by atoms with Gasteiger partial charge in [-0.1, -0.05) is 5.16 Å². The van der Waals surface area contributed by atoms with E-state index in [9.17, 15) is 4.39 Å². The number of ether oxygens (including phenoxy) is 1. The summed E-state index contributed by atoms with van der Waals surface area (Å²) in [7, 11) is 1.51. The largest absolute Gasteiger partial charge is 0.399 e. The number of aromatic nitrogens is 2. The second-order valence-corrected chi connectivity index (χ2v) is 3.19. The number of rotatable bonds is 3. The highest BCUT2D eigenvalue weighted by molar-refractivity contribution is 5.58. The molecule has 5 nitrogen and oxygen atoms in total. The van der Waals surface area contributed by atoms with Gasteiger partial charge in [0.25, 0.3) is 5.89 Å². The van der Waals surface area contributed by atoms with Crippen molar-refractivity contribution in [3.8, 4) is 11.5 Å². The predicted molar refractivity (Wildman–Crippen MR) is 54.8 cm³/mol. The monoisotopic (exact) mass is 223 g/mol. The zero-order chi connectivity index (χ0) is 11.5. The average Bonchev–Trinajstić information content (AvgIpc) is 2.67. The fourth-order valence-electron chi connectivity index (χ4n) is 1.26. The summed E-state index contributed by atoms with van der Waals surface area (Å²) in [6.07, 6.45) is 0. The Kier molecular flexibility index (Phi) is 2.82. The van der Waals surface area contributed by atoms with Crippen LogP contribution in [0, 0.1) is 5.82 Å². The second-order valence-electron chi connectivity index (χ2n) is 3.19. The Morgan fingerprint density at radius 3 is 3.00 bits per heavy atom. The Morgan fingerprint density at radius 2 is 2.31 bits per heavy atom. The molecule has 6 heteroatoms. The molecule has 0 bridgehead atoms. The number of methoxy groups -OCH3 is 1. The van der Waals surface area contributed by atoms with Gasteiger partial charge in [-0.2, -0.15) is 4.98 Å². The Labute approximate surface area is 91.0 Å². The molecule has 2 N–H and O–H groups in total. The molecule has 0 radical (unpaired) electrons. The summed E-state index contributed by atoms with van der Waals surface area (Å²) in [5.41, 5.74) is 6.00. The molecule has 0 aliphatic rings. The number of anilines is 1. The highest BCUT2D eigenvalue weighted by Crippen LogP contribution is 2.22. The van der Waals surface area contributed by atoms with Crippen LogP contribution in [0.4, 0.5) is 10.1 Å². The molecule has 0 unspecified atom stereocenters. The van der Waals surface area contributed by atoms with Crippen LogP contribution >= 0.6 is 0 Å². The van der Waals surface area contributed by atoms with Gasteiger partial charge in [-0.3, -0.25) is 0 Å². The van der Waals surface area contributed by atoms with Crippen molar-refractivity contribution in [1.82, 2.24) is 10.1 Å². The molecule has 1 aromatic heterocycles. The van der Waals surface area contributed by atoms with Gasteiger partial charge in [0.2, 0.25) is 0 Å². The van der Waals surface area contributed by atoms with E-state index in [1.165, 1.54) is 19.2 Å². The molecule has 0 aliphatic heterocycles. The van der Waals surface area contributed by atoms with Crippen LogP contribution in [0.1, 0.15) is 5.82 Å². The molecular formula is C10H10FN3O2. The number of nitrogens with two attached hydrogens (primary N) is 1. The molecule has 0 amide bonds. The van der Waals surface area contributed by atoms with Crippen LogP contribution in [0.5, 0.6) is 0 Å². The maximum absolute atomic E-state index is 13.5. The molecule has 0 fully saturated rings. The van der Waals surface area contributed by atoms with Crippen LogP contribution in [0.3, 0.4) is 0 Å². The Morgan fingerprint density at radius 1 is 1.50 bits per heavy atom. The van der Waals surface area contributed by atoms with Gasteiger partial charge in [-0.15, -0.1) is 0 Å². The summed E-state index contributed by atoms with van der Waals surface area (Å²) in [5.74, 6) is -0.00843. The summed E-state index contributed by atoms with van der Waals surface area (Å²) in [6.45, 7) is 0.222. The summed E-state index contributed by atoms with van der Waals surface area (Å²) in [4.78, 5) is 3.98. The van der Waals surface area contributed by atoms with E-state index in [4.69, 9.17) is 15.0 Å². The van der Waals surface area contributed by atoms with Gasteiger partial charge in [0, 0.05) is 12.8 Å². The highest BCUT2D eigenvalue weighted by Gasteiger charge is 2.13. The highest BCUT2D eigenvalue weighted by atomic mass is 19.1. The lowest BCUT2D eigenvalue weighted by molar-refractivity contribution is 0.174. The smallest absolute Gasteiger partial charge is 0.260 e. The predicted octanol–water partition coefficient (Wildman–Crippen LogP) is 1.60. The number of halogens is 1.